The first-order chi connectivity index (χ1) is 13.8. The number of hydrogen-bond acceptors (Lipinski definition) is 3. The molecular weight excluding hydrogens is 348 g/mol. The predicted octanol–water partition coefficient (Wildman–Crippen LogP) is 4.33. The Morgan fingerprint density at radius 3 is 2.43 bits per heavy atom. The van der Waals surface area contributed by atoms with Gasteiger partial charge in [-0.3, -0.25) is 4.68 Å². The van der Waals surface area contributed by atoms with Crippen LogP contribution < -0.4 is 0 Å². The lowest BCUT2D eigenvalue weighted by Crippen LogP contribution is -2.09. The molecule has 2 heterocycles. The molecular formula is C23H22N4O. The molecule has 0 aliphatic heterocycles. The second-order valence-electron chi connectivity index (χ2n) is 6.63. The smallest absolute Gasteiger partial charge is 0.0969 e. The van der Waals surface area contributed by atoms with Gasteiger partial charge in [-0.05, 0) is 5.56 Å². The van der Waals surface area contributed by atoms with Crippen LogP contribution in [0.15, 0.2) is 92.0 Å². The van der Waals surface area contributed by atoms with Crippen LogP contribution in [0, 0.1) is 0 Å². The molecule has 0 aliphatic rings. The molecule has 28 heavy (non-hydrogen) atoms. The SMILES string of the molecule is C=CCn1cc(-c2c(-c3ccccc3)ncn2C[C@@H](O)c2ccccc2)cn1. The molecule has 0 unspecified atom stereocenters. The number of imidazole rings is 1. The molecule has 1 N–H and O–H groups in total. The van der Waals surface area contributed by atoms with E-state index in [9.17, 15) is 5.11 Å². The van der Waals surface area contributed by atoms with Crippen molar-refractivity contribution in [3.63, 3.8) is 0 Å². The van der Waals surface area contributed by atoms with Gasteiger partial charge < -0.3 is 9.67 Å². The minimum Gasteiger partial charge on any atom is -0.387 e. The Bertz CT molecular complexity index is 1050. The van der Waals surface area contributed by atoms with Gasteiger partial charge in [0.15, 0.2) is 0 Å². The van der Waals surface area contributed by atoms with Crippen LogP contribution in [0.5, 0.6) is 0 Å². The molecule has 5 nitrogen and oxygen atoms in total. The maximum atomic E-state index is 10.7. The molecule has 0 saturated carbocycles. The Hall–Kier alpha value is -3.44. The van der Waals surface area contributed by atoms with Gasteiger partial charge in [-0.25, -0.2) is 4.98 Å². The van der Waals surface area contributed by atoms with Crippen LogP contribution in [0.4, 0.5) is 0 Å². The van der Waals surface area contributed by atoms with Crippen molar-refractivity contribution in [2.24, 2.45) is 0 Å². The van der Waals surface area contributed by atoms with Crippen LogP contribution in [0.2, 0.25) is 0 Å². The fourth-order valence-electron chi connectivity index (χ4n) is 3.32. The third-order valence-corrected chi connectivity index (χ3v) is 4.66. The van der Waals surface area contributed by atoms with Crippen molar-refractivity contribution in [1.82, 2.24) is 19.3 Å². The summed E-state index contributed by atoms with van der Waals surface area (Å²) in [5.74, 6) is 0. The van der Waals surface area contributed by atoms with Gasteiger partial charge in [0, 0.05) is 17.3 Å². The number of hydrogen-bond donors (Lipinski definition) is 1. The lowest BCUT2D eigenvalue weighted by Gasteiger charge is -2.14. The summed E-state index contributed by atoms with van der Waals surface area (Å²) in [5, 5.41) is 15.1. The van der Waals surface area contributed by atoms with Crippen molar-refractivity contribution in [3.8, 4) is 22.5 Å². The predicted molar refractivity (Wildman–Crippen MR) is 110 cm³/mol. The zero-order valence-electron chi connectivity index (χ0n) is 15.5. The molecule has 1 atom stereocenters. The third kappa shape index (κ3) is 3.66. The van der Waals surface area contributed by atoms with Crippen LogP contribution in [0.3, 0.4) is 0 Å². The molecule has 2 aromatic heterocycles. The summed E-state index contributed by atoms with van der Waals surface area (Å²) < 4.78 is 3.83. The van der Waals surface area contributed by atoms with E-state index in [4.69, 9.17) is 0 Å². The first-order valence-corrected chi connectivity index (χ1v) is 9.23. The number of nitrogens with zero attached hydrogens (tertiary/aromatic N) is 4. The molecule has 0 bridgehead atoms. The van der Waals surface area contributed by atoms with Crippen molar-refractivity contribution in [1.29, 1.82) is 0 Å². The highest BCUT2D eigenvalue weighted by molar-refractivity contribution is 5.78. The second kappa shape index (κ2) is 8.06. The highest BCUT2D eigenvalue weighted by Gasteiger charge is 2.19. The molecule has 5 heteroatoms. The Labute approximate surface area is 164 Å². The standard InChI is InChI=1S/C23H22N4O/c1-2-13-27-15-20(14-25-27)23-22(19-11-7-4-8-12-19)24-17-26(23)16-21(28)18-9-5-3-6-10-18/h2-12,14-15,17,21,28H,1,13,16H2/t21-/m1/s1. The van der Waals surface area contributed by atoms with Crippen molar-refractivity contribution in [3.05, 3.63) is 97.6 Å². The lowest BCUT2D eigenvalue weighted by atomic mass is 10.1. The van der Waals surface area contributed by atoms with Gasteiger partial charge in [0.25, 0.3) is 0 Å². The minimum atomic E-state index is -0.624. The van der Waals surface area contributed by atoms with E-state index in [0.717, 1.165) is 28.1 Å². The average Bonchev–Trinajstić information content (AvgIpc) is 3.36. The monoisotopic (exact) mass is 370 g/mol. The molecule has 140 valence electrons. The largest absolute Gasteiger partial charge is 0.387 e. The van der Waals surface area contributed by atoms with Crippen LogP contribution in [0.25, 0.3) is 22.5 Å². The summed E-state index contributed by atoms with van der Waals surface area (Å²) in [6.07, 6.45) is 6.79. The summed E-state index contributed by atoms with van der Waals surface area (Å²) in [4.78, 5) is 4.66. The van der Waals surface area contributed by atoms with Crippen molar-refractivity contribution < 1.29 is 5.11 Å². The quantitative estimate of drug-likeness (QED) is 0.493. The summed E-state index contributed by atoms with van der Waals surface area (Å²) in [5.41, 5.74) is 4.68. The van der Waals surface area contributed by atoms with Crippen LogP contribution >= 0.6 is 0 Å². The number of rotatable bonds is 7. The van der Waals surface area contributed by atoms with E-state index in [2.05, 4.69) is 16.7 Å². The number of aliphatic hydroxyl groups excluding tert-OH is 1. The van der Waals surface area contributed by atoms with Gasteiger partial charge in [0.1, 0.15) is 0 Å². The fraction of sp³-hybridized carbons (Fsp3) is 0.130. The molecule has 0 radical (unpaired) electrons. The molecule has 2 aromatic carbocycles. The zero-order chi connectivity index (χ0) is 19.3. The van der Waals surface area contributed by atoms with Crippen LogP contribution in [0.1, 0.15) is 11.7 Å². The number of aromatic nitrogens is 4. The van der Waals surface area contributed by atoms with E-state index in [1.54, 1.807) is 6.33 Å². The molecule has 4 aromatic rings. The first-order valence-electron chi connectivity index (χ1n) is 9.23. The van der Waals surface area contributed by atoms with E-state index >= 15 is 0 Å². The molecule has 0 spiro atoms. The number of aliphatic hydroxyl groups is 1. The van der Waals surface area contributed by atoms with Gasteiger partial charge in [-0.2, -0.15) is 5.10 Å². The van der Waals surface area contributed by atoms with E-state index in [0.29, 0.717) is 13.1 Å². The van der Waals surface area contributed by atoms with Gasteiger partial charge in [0.2, 0.25) is 0 Å². The van der Waals surface area contributed by atoms with Gasteiger partial charge in [-0.15, -0.1) is 6.58 Å². The number of allylic oxidation sites excluding steroid dienone is 1. The van der Waals surface area contributed by atoms with Gasteiger partial charge in [0.05, 0.1) is 43.1 Å². The molecule has 0 aliphatic carbocycles. The highest BCUT2D eigenvalue weighted by atomic mass is 16.3. The molecule has 0 saturated heterocycles. The Balaban J connectivity index is 1.75. The minimum absolute atomic E-state index is 0.409. The average molecular weight is 370 g/mol. The lowest BCUT2D eigenvalue weighted by molar-refractivity contribution is 0.157. The van der Waals surface area contributed by atoms with Crippen LogP contribution in [-0.4, -0.2) is 24.4 Å². The van der Waals surface area contributed by atoms with E-state index in [1.165, 1.54) is 0 Å². The summed E-state index contributed by atoms with van der Waals surface area (Å²) in [7, 11) is 0. The topological polar surface area (TPSA) is 55.9 Å². The second-order valence-corrected chi connectivity index (χ2v) is 6.63. The molecule has 0 amide bonds. The Morgan fingerprint density at radius 1 is 1.00 bits per heavy atom. The Morgan fingerprint density at radius 2 is 1.71 bits per heavy atom. The van der Waals surface area contributed by atoms with E-state index < -0.39 is 6.10 Å². The van der Waals surface area contributed by atoms with E-state index in [1.807, 2.05) is 88.4 Å². The van der Waals surface area contributed by atoms with Gasteiger partial charge >= 0.3 is 0 Å². The Kier molecular flexibility index (Phi) is 5.17. The maximum Gasteiger partial charge on any atom is 0.0969 e. The van der Waals surface area contributed by atoms with Gasteiger partial charge in [-0.1, -0.05) is 66.7 Å². The highest BCUT2D eigenvalue weighted by Crippen LogP contribution is 2.32. The van der Waals surface area contributed by atoms with Crippen molar-refractivity contribution >= 4 is 0 Å². The maximum absolute atomic E-state index is 10.7. The summed E-state index contributed by atoms with van der Waals surface area (Å²) >= 11 is 0. The third-order valence-electron chi connectivity index (χ3n) is 4.66. The zero-order valence-corrected chi connectivity index (χ0v) is 15.5. The van der Waals surface area contributed by atoms with Crippen molar-refractivity contribution in [2.45, 2.75) is 19.2 Å². The van der Waals surface area contributed by atoms with Crippen LogP contribution in [-0.2, 0) is 13.1 Å². The van der Waals surface area contributed by atoms with Crippen molar-refractivity contribution in [2.75, 3.05) is 0 Å². The molecule has 4 rings (SSSR count). The first kappa shape index (κ1) is 17.9. The summed E-state index contributed by atoms with van der Waals surface area (Å²) in [6, 6.07) is 19.7. The fourth-order valence-corrected chi connectivity index (χ4v) is 3.32. The molecule has 0 fully saturated rings. The van der Waals surface area contributed by atoms with E-state index in [-0.39, 0.29) is 0 Å². The summed E-state index contributed by atoms with van der Waals surface area (Å²) in [6.45, 7) is 4.82. The normalized spacial score (nSPS) is 12.0. The number of benzene rings is 2.